The minimum atomic E-state index is -0.776. The minimum Gasteiger partial charge on any atom is -0.481 e. The zero-order valence-corrected chi connectivity index (χ0v) is 13.4. The van der Waals surface area contributed by atoms with Crippen LogP contribution in [-0.4, -0.2) is 29.0 Å². The van der Waals surface area contributed by atoms with Crippen molar-refractivity contribution in [2.24, 2.45) is 5.41 Å². The Morgan fingerprint density at radius 1 is 1.50 bits per heavy atom. The highest BCUT2D eigenvalue weighted by atomic mass is 16.7. The zero-order valence-electron chi connectivity index (χ0n) is 13.4. The summed E-state index contributed by atoms with van der Waals surface area (Å²) in [5.41, 5.74) is 1.22. The van der Waals surface area contributed by atoms with Crippen molar-refractivity contribution in [3.63, 3.8) is 0 Å². The molecule has 0 bridgehead atoms. The summed E-state index contributed by atoms with van der Waals surface area (Å²) in [7, 11) is 0. The van der Waals surface area contributed by atoms with E-state index in [0.29, 0.717) is 19.4 Å². The van der Waals surface area contributed by atoms with Crippen LogP contribution < -0.4 is 0 Å². The van der Waals surface area contributed by atoms with Gasteiger partial charge in [0.25, 0.3) is 0 Å². The van der Waals surface area contributed by atoms with Crippen LogP contribution in [0.5, 0.6) is 0 Å². The van der Waals surface area contributed by atoms with Crippen molar-refractivity contribution in [3.8, 4) is 0 Å². The first-order valence-corrected chi connectivity index (χ1v) is 7.88. The highest BCUT2D eigenvalue weighted by molar-refractivity contribution is 5.73. The summed E-state index contributed by atoms with van der Waals surface area (Å²) in [4.78, 5) is 15.4. The molecule has 5 heteroatoms. The van der Waals surface area contributed by atoms with Crippen LogP contribution in [0.1, 0.15) is 50.8 Å². The van der Waals surface area contributed by atoms with Crippen molar-refractivity contribution in [2.45, 2.75) is 58.8 Å². The van der Waals surface area contributed by atoms with Crippen molar-refractivity contribution >= 4 is 5.97 Å². The Labute approximate surface area is 131 Å². The lowest BCUT2D eigenvalue weighted by Crippen LogP contribution is -2.24. The number of ether oxygens (including phenoxy) is 2. The lowest BCUT2D eigenvalue weighted by atomic mass is 9.87. The number of hydrogen-bond acceptors (Lipinski definition) is 4. The fourth-order valence-corrected chi connectivity index (χ4v) is 2.33. The highest BCUT2D eigenvalue weighted by Gasteiger charge is 2.26. The van der Waals surface area contributed by atoms with E-state index >= 15 is 0 Å². The van der Waals surface area contributed by atoms with Gasteiger partial charge in [-0.2, -0.15) is 0 Å². The van der Waals surface area contributed by atoms with Crippen LogP contribution in [0.25, 0.3) is 0 Å². The Hall–Kier alpha value is -1.46. The first kappa shape index (κ1) is 16.9. The molecule has 0 aromatic carbocycles. The van der Waals surface area contributed by atoms with Gasteiger partial charge in [-0.15, -0.1) is 0 Å². The number of nitrogens with zero attached hydrogens (tertiary/aromatic N) is 1. The van der Waals surface area contributed by atoms with Gasteiger partial charge >= 0.3 is 5.97 Å². The summed E-state index contributed by atoms with van der Waals surface area (Å²) in [5, 5.41) is 9.15. The maximum atomic E-state index is 11.1. The molecule has 0 saturated carbocycles. The number of hydrogen-bond donors (Lipinski definition) is 1. The third kappa shape index (κ3) is 5.07. The number of rotatable bonds is 7. The van der Waals surface area contributed by atoms with E-state index in [1.54, 1.807) is 20.0 Å². The second kappa shape index (κ2) is 7.70. The van der Waals surface area contributed by atoms with Gasteiger partial charge < -0.3 is 14.6 Å². The van der Waals surface area contributed by atoms with Gasteiger partial charge in [0.05, 0.1) is 12.0 Å². The van der Waals surface area contributed by atoms with Crippen LogP contribution in [0.3, 0.4) is 0 Å². The van der Waals surface area contributed by atoms with Gasteiger partial charge in [-0.25, -0.2) is 0 Å². The Balaban J connectivity index is 1.85. The van der Waals surface area contributed by atoms with E-state index in [1.165, 1.54) is 0 Å². The lowest BCUT2D eigenvalue weighted by molar-refractivity contribution is -0.168. The van der Waals surface area contributed by atoms with Crippen LogP contribution in [0, 0.1) is 5.41 Å². The molecule has 0 spiro atoms. The van der Waals surface area contributed by atoms with Crippen LogP contribution >= 0.6 is 0 Å². The smallest absolute Gasteiger partial charge is 0.309 e. The normalized spacial score (nSPS) is 19.1. The fourth-order valence-electron chi connectivity index (χ4n) is 2.33. The number of aryl methyl sites for hydroxylation is 1. The molecule has 1 aromatic rings. The van der Waals surface area contributed by atoms with Crippen LogP contribution in [0.15, 0.2) is 18.3 Å². The van der Waals surface area contributed by atoms with Gasteiger partial charge in [-0.1, -0.05) is 0 Å². The minimum absolute atomic E-state index is 0.101. The largest absolute Gasteiger partial charge is 0.481 e. The number of carbonyl (C=O) groups is 1. The van der Waals surface area contributed by atoms with E-state index in [0.717, 1.165) is 37.1 Å². The third-order valence-electron chi connectivity index (χ3n) is 4.04. The summed E-state index contributed by atoms with van der Waals surface area (Å²) in [6.07, 6.45) is 6.07. The maximum Gasteiger partial charge on any atom is 0.309 e. The Kier molecular flexibility index (Phi) is 5.91. The molecule has 0 radical (unpaired) electrons. The van der Waals surface area contributed by atoms with Gasteiger partial charge in [-0.3, -0.25) is 9.78 Å². The van der Waals surface area contributed by atoms with Crippen molar-refractivity contribution in [2.75, 3.05) is 6.61 Å². The van der Waals surface area contributed by atoms with Crippen LogP contribution in [-0.2, 0) is 27.3 Å². The predicted molar refractivity (Wildman–Crippen MR) is 82.4 cm³/mol. The third-order valence-corrected chi connectivity index (χ3v) is 4.04. The van der Waals surface area contributed by atoms with E-state index in [2.05, 4.69) is 4.98 Å². The van der Waals surface area contributed by atoms with E-state index in [-0.39, 0.29) is 6.29 Å². The average Bonchev–Trinajstić information content (AvgIpc) is 2.52. The number of aliphatic carboxylic acids is 1. The predicted octanol–water partition coefficient (Wildman–Crippen LogP) is 3.17. The van der Waals surface area contributed by atoms with E-state index < -0.39 is 11.4 Å². The van der Waals surface area contributed by atoms with E-state index in [9.17, 15) is 4.79 Å². The van der Waals surface area contributed by atoms with Crippen molar-refractivity contribution < 1.29 is 19.4 Å². The molecule has 1 atom stereocenters. The molecule has 1 aliphatic heterocycles. The van der Waals surface area contributed by atoms with Gasteiger partial charge in [0, 0.05) is 18.5 Å². The molecule has 1 aliphatic rings. The second-order valence-electron chi connectivity index (χ2n) is 6.45. The molecule has 0 amide bonds. The molecule has 2 heterocycles. The number of aromatic nitrogens is 1. The lowest BCUT2D eigenvalue weighted by Gasteiger charge is -2.22. The summed E-state index contributed by atoms with van der Waals surface area (Å²) in [5.74, 6) is -0.776. The number of carboxylic acid groups (broad SMARTS) is 1. The Bertz CT molecular complexity index is 495. The summed E-state index contributed by atoms with van der Waals surface area (Å²) in [6, 6.07) is 3.91. The van der Waals surface area contributed by atoms with Crippen molar-refractivity contribution in [1.82, 2.24) is 4.98 Å². The molecule has 2 rings (SSSR count). The molecular formula is C17H25NO4. The monoisotopic (exact) mass is 307 g/mol. The van der Waals surface area contributed by atoms with Gasteiger partial charge in [0.15, 0.2) is 6.29 Å². The molecule has 5 nitrogen and oxygen atoms in total. The summed E-state index contributed by atoms with van der Waals surface area (Å²) in [6.45, 7) is 4.75. The molecule has 122 valence electrons. The average molecular weight is 307 g/mol. The molecule has 22 heavy (non-hydrogen) atoms. The molecular weight excluding hydrogens is 282 g/mol. The van der Waals surface area contributed by atoms with Gasteiger partial charge in [0.1, 0.15) is 0 Å². The van der Waals surface area contributed by atoms with Crippen molar-refractivity contribution in [1.29, 1.82) is 0 Å². The summed E-state index contributed by atoms with van der Waals surface area (Å²) >= 11 is 0. The molecule has 0 aliphatic carbocycles. The molecule has 1 fully saturated rings. The first-order chi connectivity index (χ1) is 10.5. The molecule has 1 saturated heterocycles. The SMILES string of the molecule is CC(C)(CCc1cc(COC2CCCCO2)ccn1)C(=O)O. The molecule has 1 unspecified atom stereocenters. The second-order valence-corrected chi connectivity index (χ2v) is 6.45. The quantitative estimate of drug-likeness (QED) is 0.838. The highest BCUT2D eigenvalue weighted by Crippen LogP contribution is 2.23. The Morgan fingerprint density at radius 3 is 3.00 bits per heavy atom. The van der Waals surface area contributed by atoms with E-state index in [4.69, 9.17) is 14.6 Å². The van der Waals surface area contributed by atoms with Gasteiger partial charge in [-0.05, 0) is 63.6 Å². The summed E-state index contributed by atoms with van der Waals surface area (Å²) < 4.78 is 11.3. The van der Waals surface area contributed by atoms with E-state index in [1.807, 2.05) is 12.1 Å². The molecule has 1 aromatic heterocycles. The topological polar surface area (TPSA) is 68.7 Å². The fraction of sp³-hybridized carbons (Fsp3) is 0.647. The van der Waals surface area contributed by atoms with Crippen molar-refractivity contribution in [3.05, 3.63) is 29.6 Å². The van der Waals surface area contributed by atoms with Crippen LogP contribution in [0.2, 0.25) is 0 Å². The number of pyridine rings is 1. The molecule has 1 N–H and O–H groups in total. The Morgan fingerprint density at radius 2 is 2.32 bits per heavy atom. The number of carboxylic acids is 1. The standard InChI is InChI=1S/C17H25NO4/c1-17(2,16(19)20)8-6-14-11-13(7-9-18-14)12-22-15-5-3-4-10-21-15/h7,9,11,15H,3-6,8,10,12H2,1-2H3,(H,19,20). The van der Waals surface area contributed by atoms with Gasteiger partial charge in [0.2, 0.25) is 0 Å². The zero-order chi connectivity index (χ0) is 16.0. The first-order valence-electron chi connectivity index (χ1n) is 7.88. The van der Waals surface area contributed by atoms with Crippen LogP contribution in [0.4, 0.5) is 0 Å². The maximum absolute atomic E-state index is 11.1.